The molecule has 0 fully saturated rings. The molecule has 0 unspecified atom stereocenters. The summed E-state index contributed by atoms with van der Waals surface area (Å²) < 4.78 is 5.10. The van der Waals surface area contributed by atoms with Gasteiger partial charge in [-0.3, -0.25) is 9.98 Å². The van der Waals surface area contributed by atoms with E-state index in [0.717, 1.165) is 11.5 Å². The Bertz CT molecular complexity index is 430. The fourth-order valence-electron chi connectivity index (χ4n) is 1.44. The van der Waals surface area contributed by atoms with Crippen LogP contribution in [-0.2, 0) is 6.54 Å². The van der Waals surface area contributed by atoms with Crippen molar-refractivity contribution in [3.63, 3.8) is 0 Å². The van der Waals surface area contributed by atoms with Crippen LogP contribution in [0, 0.1) is 0 Å². The van der Waals surface area contributed by atoms with Crippen molar-refractivity contribution in [2.45, 2.75) is 6.54 Å². The van der Waals surface area contributed by atoms with Gasteiger partial charge in [-0.1, -0.05) is 12.1 Å². The maximum atomic E-state index is 5.10. The van der Waals surface area contributed by atoms with Crippen molar-refractivity contribution in [1.29, 1.82) is 0 Å². The predicted octanol–water partition coefficient (Wildman–Crippen LogP) is 2.28. The Hall–Kier alpha value is -1.90. The second kappa shape index (κ2) is 5.26. The second-order valence-electron chi connectivity index (χ2n) is 3.50. The fourth-order valence-corrected chi connectivity index (χ4v) is 1.44. The highest BCUT2D eigenvalue weighted by molar-refractivity contribution is 6.02. The molecule has 0 spiro atoms. The van der Waals surface area contributed by atoms with Crippen LogP contribution in [0.3, 0.4) is 0 Å². The van der Waals surface area contributed by atoms with E-state index in [0.29, 0.717) is 13.1 Å². The minimum Gasteiger partial charge on any atom is -0.497 e. The summed E-state index contributed by atoms with van der Waals surface area (Å²) in [6.45, 7) is 1.38. The van der Waals surface area contributed by atoms with E-state index in [1.165, 1.54) is 5.56 Å². The molecule has 1 aliphatic heterocycles. The van der Waals surface area contributed by atoms with Gasteiger partial charge in [0.05, 0.1) is 25.9 Å². The highest BCUT2D eigenvalue weighted by Crippen LogP contribution is 2.12. The number of ether oxygens (including phenoxy) is 1. The van der Waals surface area contributed by atoms with Crippen molar-refractivity contribution in [2.24, 2.45) is 9.98 Å². The number of hydrogen-bond donors (Lipinski definition) is 0. The number of rotatable bonds is 3. The summed E-state index contributed by atoms with van der Waals surface area (Å²) in [5.41, 5.74) is 2.20. The molecule has 1 heterocycles. The van der Waals surface area contributed by atoms with Crippen LogP contribution in [0.25, 0.3) is 0 Å². The normalized spacial score (nSPS) is 16.7. The molecule has 0 bridgehead atoms. The van der Waals surface area contributed by atoms with Crippen molar-refractivity contribution < 1.29 is 4.74 Å². The largest absolute Gasteiger partial charge is 0.497 e. The van der Waals surface area contributed by atoms with Crippen molar-refractivity contribution in [3.05, 3.63) is 42.0 Å². The third-order valence-electron chi connectivity index (χ3n) is 2.36. The van der Waals surface area contributed by atoms with Crippen LogP contribution in [0.2, 0.25) is 0 Å². The molecular weight excluding hydrogens is 200 g/mol. The molecule has 1 aromatic rings. The summed E-state index contributed by atoms with van der Waals surface area (Å²) in [4.78, 5) is 8.62. The van der Waals surface area contributed by atoms with Crippen LogP contribution in [0.4, 0.5) is 0 Å². The zero-order valence-corrected chi connectivity index (χ0v) is 9.26. The lowest BCUT2D eigenvalue weighted by atomic mass is 10.2. The standard InChI is InChI=1S/C13H14N2O/c1-16-13-6-4-11(5-7-13)9-15-12-3-2-8-14-10-12/h2-8H,9-10H2,1H3. The van der Waals surface area contributed by atoms with E-state index in [1.807, 2.05) is 36.4 Å². The minimum absolute atomic E-state index is 0.687. The van der Waals surface area contributed by atoms with E-state index in [2.05, 4.69) is 9.98 Å². The van der Waals surface area contributed by atoms with Crippen LogP contribution >= 0.6 is 0 Å². The molecule has 16 heavy (non-hydrogen) atoms. The van der Waals surface area contributed by atoms with E-state index in [9.17, 15) is 0 Å². The third-order valence-corrected chi connectivity index (χ3v) is 2.36. The summed E-state index contributed by atoms with van der Waals surface area (Å²) in [5.74, 6) is 0.874. The first kappa shape index (κ1) is 10.6. The lowest BCUT2D eigenvalue weighted by Crippen LogP contribution is -2.03. The Balaban J connectivity index is 1.98. The van der Waals surface area contributed by atoms with Gasteiger partial charge in [-0.15, -0.1) is 0 Å². The van der Waals surface area contributed by atoms with Crippen molar-refractivity contribution in [2.75, 3.05) is 13.7 Å². The molecular formula is C13H14N2O. The first-order valence-corrected chi connectivity index (χ1v) is 5.21. The molecule has 0 aliphatic carbocycles. The summed E-state index contributed by atoms with van der Waals surface area (Å²) in [7, 11) is 1.67. The number of aliphatic imine (C=N–C) groups is 2. The number of methoxy groups -OCH3 is 1. The monoisotopic (exact) mass is 214 g/mol. The van der Waals surface area contributed by atoms with Crippen LogP contribution in [-0.4, -0.2) is 25.6 Å². The lowest BCUT2D eigenvalue weighted by Gasteiger charge is -2.03. The predicted molar refractivity (Wildman–Crippen MR) is 66.6 cm³/mol. The first-order chi connectivity index (χ1) is 7.88. The molecule has 0 radical (unpaired) electrons. The molecule has 3 heteroatoms. The molecule has 3 nitrogen and oxygen atoms in total. The number of benzene rings is 1. The van der Waals surface area contributed by atoms with Gasteiger partial charge in [-0.2, -0.15) is 0 Å². The van der Waals surface area contributed by atoms with Gasteiger partial charge in [0.15, 0.2) is 0 Å². The van der Waals surface area contributed by atoms with Crippen molar-refractivity contribution >= 4 is 11.9 Å². The minimum atomic E-state index is 0.687. The lowest BCUT2D eigenvalue weighted by molar-refractivity contribution is 0.414. The highest BCUT2D eigenvalue weighted by atomic mass is 16.5. The van der Waals surface area contributed by atoms with Gasteiger partial charge >= 0.3 is 0 Å². The molecule has 1 aromatic carbocycles. The maximum absolute atomic E-state index is 5.10. The maximum Gasteiger partial charge on any atom is 0.118 e. The Morgan fingerprint density at radius 1 is 1.31 bits per heavy atom. The molecule has 0 amide bonds. The Kier molecular flexibility index (Phi) is 3.49. The van der Waals surface area contributed by atoms with Crippen molar-refractivity contribution in [1.82, 2.24) is 0 Å². The van der Waals surface area contributed by atoms with Crippen LogP contribution < -0.4 is 4.74 Å². The summed E-state index contributed by atoms with van der Waals surface area (Å²) in [6, 6.07) is 7.95. The smallest absolute Gasteiger partial charge is 0.118 e. The molecule has 0 saturated heterocycles. The molecule has 0 aromatic heterocycles. The van der Waals surface area contributed by atoms with Crippen LogP contribution in [0.1, 0.15) is 5.56 Å². The second-order valence-corrected chi connectivity index (χ2v) is 3.50. The number of allylic oxidation sites excluding steroid dienone is 1. The van der Waals surface area contributed by atoms with E-state index < -0.39 is 0 Å². The zero-order valence-electron chi connectivity index (χ0n) is 9.26. The van der Waals surface area contributed by atoms with Gasteiger partial charge in [0, 0.05) is 6.21 Å². The van der Waals surface area contributed by atoms with Gasteiger partial charge in [-0.05, 0) is 29.8 Å². The SMILES string of the molecule is COc1ccc(CN=C2C=CC=NC2)cc1. The summed E-state index contributed by atoms with van der Waals surface area (Å²) in [6.07, 6.45) is 5.71. The highest BCUT2D eigenvalue weighted by Gasteiger charge is 1.97. The Labute approximate surface area is 95.2 Å². The van der Waals surface area contributed by atoms with E-state index in [-0.39, 0.29) is 0 Å². The fraction of sp³-hybridized carbons (Fsp3) is 0.231. The average molecular weight is 214 g/mol. The number of dihydropyridines is 1. The molecule has 82 valence electrons. The van der Waals surface area contributed by atoms with E-state index in [4.69, 9.17) is 4.74 Å². The average Bonchev–Trinajstić information content (AvgIpc) is 2.38. The van der Waals surface area contributed by atoms with Crippen LogP contribution in [0.5, 0.6) is 5.75 Å². The Morgan fingerprint density at radius 2 is 2.12 bits per heavy atom. The molecule has 2 rings (SSSR count). The quantitative estimate of drug-likeness (QED) is 0.760. The van der Waals surface area contributed by atoms with Gasteiger partial charge in [0.2, 0.25) is 0 Å². The van der Waals surface area contributed by atoms with E-state index in [1.54, 1.807) is 13.3 Å². The van der Waals surface area contributed by atoms with E-state index >= 15 is 0 Å². The van der Waals surface area contributed by atoms with Gasteiger partial charge < -0.3 is 4.74 Å². The molecule has 0 saturated carbocycles. The summed E-state index contributed by atoms with van der Waals surface area (Å²) in [5, 5.41) is 0. The third kappa shape index (κ3) is 2.79. The number of nitrogens with zero attached hydrogens (tertiary/aromatic N) is 2. The van der Waals surface area contributed by atoms with Crippen LogP contribution in [0.15, 0.2) is 46.4 Å². The first-order valence-electron chi connectivity index (χ1n) is 5.21. The van der Waals surface area contributed by atoms with Gasteiger partial charge in [0.1, 0.15) is 5.75 Å². The molecule has 0 atom stereocenters. The zero-order chi connectivity index (χ0) is 11.2. The summed E-state index contributed by atoms with van der Waals surface area (Å²) >= 11 is 0. The Morgan fingerprint density at radius 3 is 2.75 bits per heavy atom. The molecule has 1 aliphatic rings. The van der Waals surface area contributed by atoms with Gasteiger partial charge in [-0.25, -0.2) is 0 Å². The molecule has 0 N–H and O–H groups in total. The number of hydrogen-bond acceptors (Lipinski definition) is 3. The van der Waals surface area contributed by atoms with Crippen molar-refractivity contribution in [3.8, 4) is 5.75 Å². The topological polar surface area (TPSA) is 34.0 Å². The van der Waals surface area contributed by atoms with Gasteiger partial charge in [0.25, 0.3) is 0 Å².